The van der Waals surface area contributed by atoms with Gasteiger partial charge in [-0.25, -0.2) is 0 Å². The summed E-state index contributed by atoms with van der Waals surface area (Å²) in [6, 6.07) is 0. The Morgan fingerprint density at radius 2 is 2.14 bits per heavy atom. The Hall–Kier alpha value is -0.370. The van der Waals surface area contributed by atoms with Gasteiger partial charge in [-0.05, 0) is 50.4 Å². The van der Waals surface area contributed by atoms with E-state index in [2.05, 4.69) is 0 Å². The van der Waals surface area contributed by atoms with E-state index in [9.17, 15) is 9.90 Å². The Kier molecular flexibility index (Phi) is 1.79. The largest absolute Gasteiger partial charge is 0.393 e. The van der Waals surface area contributed by atoms with Crippen molar-refractivity contribution in [2.75, 3.05) is 0 Å². The number of carbonyl (C=O) groups excluding carboxylic acids is 1. The number of rotatable bonds is 0. The van der Waals surface area contributed by atoms with Gasteiger partial charge >= 0.3 is 0 Å². The first-order valence-electron chi connectivity index (χ1n) is 5.94. The lowest BCUT2D eigenvalue weighted by Crippen LogP contribution is -2.55. The van der Waals surface area contributed by atoms with Crippen LogP contribution in [-0.4, -0.2) is 17.0 Å². The van der Waals surface area contributed by atoms with Crippen LogP contribution in [0.1, 0.15) is 44.9 Å². The molecule has 78 valence electrons. The summed E-state index contributed by atoms with van der Waals surface area (Å²) in [6.07, 6.45) is 7.07. The summed E-state index contributed by atoms with van der Waals surface area (Å²) >= 11 is 0. The first-order valence-corrected chi connectivity index (χ1v) is 5.94. The highest BCUT2D eigenvalue weighted by Crippen LogP contribution is 2.57. The summed E-state index contributed by atoms with van der Waals surface area (Å²) in [7, 11) is 0. The third kappa shape index (κ3) is 0.979. The highest BCUT2D eigenvalue weighted by molar-refractivity contribution is 5.87. The molecule has 2 nitrogen and oxygen atoms in total. The van der Waals surface area contributed by atoms with Crippen LogP contribution in [-0.2, 0) is 4.79 Å². The predicted molar refractivity (Wildman–Crippen MR) is 52.7 cm³/mol. The molecule has 4 rings (SSSR count). The molecule has 4 atom stereocenters. The third-order valence-corrected chi connectivity index (χ3v) is 4.91. The zero-order valence-electron chi connectivity index (χ0n) is 8.54. The number of aliphatic hydroxyl groups is 1. The van der Waals surface area contributed by atoms with Gasteiger partial charge in [-0.15, -0.1) is 0 Å². The van der Waals surface area contributed by atoms with E-state index >= 15 is 0 Å². The lowest BCUT2D eigenvalue weighted by Gasteiger charge is -2.54. The smallest absolute Gasteiger partial charge is 0.139 e. The maximum atomic E-state index is 12.0. The Morgan fingerprint density at radius 3 is 2.86 bits per heavy atom. The van der Waals surface area contributed by atoms with E-state index < -0.39 is 0 Å². The molecule has 0 unspecified atom stereocenters. The fourth-order valence-corrected chi connectivity index (χ4v) is 4.15. The average molecular weight is 194 g/mol. The van der Waals surface area contributed by atoms with Crippen LogP contribution >= 0.6 is 0 Å². The molecule has 4 fully saturated rings. The molecular weight excluding hydrogens is 176 g/mol. The van der Waals surface area contributed by atoms with Gasteiger partial charge in [0.15, 0.2) is 0 Å². The molecule has 1 N–H and O–H groups in total. The molecule has 0 heterocycles. The minimum Gasteiger partial charge on any atom is -0.393 e. The zero-order valence-corrected chi connectivity index (χ0v) is 8.54. The van der Waals surface area contributed by atoms with E-state index in [0.29, 0.717) is 17.6 Å². The normalized spacial score (nSPS) is 51.8. The van der Waals surface area contributed by atoms with Crippen LogP contribution in [0.4, 0.5) is 0 Å². The van der Waals surface area contributed by atoms with Crippen LogP contribution in [0.15, 0.2) is 0 Å². The van der Waals surface area contributed by atoms with Gasteiger partial charge in [-0.3, -0.25) is 4.79 Å². The second kappa shape index (κ2) is 2.82. The number of hydrogen-bond donors (Lipinski definition) is 1. The zero-order chi connectivity index (χ0) is 9.76. The second-order valence-electron chi connectivity index (χ2n) is 5.49. The molecule has 0 saturated heterocycles. The Bertz CT molecular complexity index is 269. The van der Waals surface area contributed by atoms with Gasteiger partial charge in [0.2, 0.25) is 0 Å². The summed E-state index contributed by atoms with van der Waals surface area (Å²) in [6.45, 7) is 0. The van der Waals surface area contributed by atoms with Gasteiger partial charge in [0.05, 0.1) is 6.10 Å². The van der Waals surface area contributed by atoms with Crippen molar-refractivity contribution in [2.24, 2.45) is 17.3 Å². The maximum Gasteiger partial charge on any atom is 0.139 e. The van der Waals surface area contributed by atoms with E-state index in [1.165, 1.54) is 6.42 Å². The number of fused-ring (bicyclic) bond motifs is 2. The van der Waals surface area contributed by atoms with Crippen LogP contribution < -0.4 is 0 Å². The molecule has 0 amide bonds. The van der Waals surface area contributed by atoms with Gasteiger partial charge in [-0.1, -0.05) is 0 Å². The van der Waals surface area contributed by atoms with Gasteiger partial charge in [0.1, 0.15) is 5.78 Å². The SMILES string of the molecule is O=C1C[C@@H]2CC[C@]13CCC[C@@H](O)[C@H]3C2. The third-order valence-electron chi connectivity index (χ3n) is 4.91. The van der Waals surface area contributed by atoms with E-state index in [0.717, 1.165) is 38.5 Å². The van der Waals surface area contributed by atoms with Crippen molar-refractivity contribution in [1.82, 2.24) is 0 Å². The minimum atomic E-state index is -0.184. The van der Waals surface area contributed by atoms with Gasteiger partial charge < -0.3 is 5.11 Å². The van der Waals surface area contributed by atoms with Crippen molar-refractivity contribution >= 4 is 5.78 Å². The van der Waals surface area contributed by atoms with E-state index in [1.54, 1.807) is 0 Å². The summed E-state index contributed by atoms with van der Waals surface area (Å²) in [4.78, 5) is 12.0. The lowest BCUT2D eigenvalue weighted by atomic mass is 9.49. The Morgan fingerprint density at radius 1 is 1.29 bits per heavy atom. The fraction of sp³-hybridized carbons (Fsp3) is 0.917. The number of aliphatic hydroxyl groups excluding tert-OH is 1. The molecule has 0 aromatic heterocycles. The molecule has 0 radical (unpaired) electrons. The van der Waals surface area contributed by atoms with E-state index in [-0.39, 0.29) is 11.5 Å². The van der Waals surface area contributed by atoms with Crippen LogP contribution in [0.25, 0.3) is 0 Å². The summed E-state index contributed by atoms with van der Waals surface area (Å²) < 4.78 is 0. The van der Waals surface area contributed by atoms with Crippen LogP contribution in [0.3, 0.4) is 0 Å². The predicted octanol–water partition coefficient (Wildman–Crippen LogP) is 1.91. The van der Waals surface area contributed by atoms with E-state index in [1.807, 2.05) is 0 Å². The van der Waals surface area contributed by atoms with Crippen molar-refractivity contribution in [3.8, 4) is 0 Å². The quantitative estimate of drug-likeness (QED) is 0.639. The van der Waals surface area contributed by atoms with Crippen molar-refractivity contribution in [3.05, 3.63) is 0 Å². The topological polar surface area (TPSA) is 37.3 Å². The molecule has 0 aliphatic heterocycles. The fourth-order valence-electron chi connectivity index (χ4n) is 4.15. The summed E-state index contributed by atoms with van der Waals surface area (Å²) in [5, 5.41) is 9.99. The Balaban J connectivity index is 1.98. The Labute approximate surface area is 84.7 Å². The monoisotopic (exact) mass is 194 g/mol. The molecule has 4 aliphatic carbocycles. The molecule has 1 spiro atoms. The first kappa shape index (κ1) is 8.90. The van der Waals surface area contributed by atoms with Crippen molar-refractivity contribution in [2.45, 2.75) is 51.0 Å². The van der Waals surface area contributed by atoms with Crippen molar-refractivity contribution < 1.29 is 9.90 Å². The molecule has 0 aromatic rings. The summed E-state index contributed by atoms with van der Waals surface area (Å²) in [5.41, 5.74) is -0.0770. The molecular formula is C12H18O2. The maximum absolute atomic E-state index is 12.0. The lowest BCUT2D eigenvalue weighted by molar-refractivity contribution is -0.158. The standard InChI is InChI=1S/C12H18O2/c13-10-2-1-4-12-5-3-8(6-9(10)12)7-11(12)14/h8-10,13H,1-7H2/t8-,9-,10-,12+/m1/s1. The molecule has 2 heteroatoms. The average Bonchev–Trinajstić information content (AvgIpc) is 2.19. The van der Waals surface area contributed by atoms with Crippen LogP contribution in [0.2, 0.25) is 0 Å². The highest BCUT2D eigenvalue weighted by Gasteiger charge is 2.56. The van der Waals surface area contributed by atoms with Crippen molar-refractivity contribution in [3.63, 3.8) is 0 Å². The first-order chi connectivity index (χ1) is 6.72. The molecule has 2 bridgehead atoms. The van der Waals surface area contributed by atoms with E-state index in [4.69, 9.17) is 0 Å². The molecule has 14 heavy (non-hydrogen) atoms. The number of carbonyl (C=O) groups is 1. The molecule has 4 aliphatic rings. The van der Waals surface area contributed by atoms with Gasteiger partial charge in [0.25, 0.3) is 0 Å². The number of ketones is 1. The highest BCUT2D eigenvalue weighted by atomic mass is 16.3. The molecule has 0 aromatic carbocycles. The van der Waals surface area contributed by atoms with Crippen molar-refractivity contribution in [1.29, 1.82) is 0 Å². The van der Waals surface area contributed by atoms with Gasteiger partial charge in [-0.2, -0.15) is 0 Å². The number of Topliss-reactive ketones (excluding diaryl/α,β-unsaturated/α-hetero) is 1. The minimum absolute atomic E-state index is 0.0770. The van der Waals surface area contributed by atoms with Gasteiger partial charge in [0, 0.05) is 11.8 Å². The summed E-state index contributed by atoms with van der Waals surface area (Å²) in [5.74, 6) is 1.39. The second-order valence-corrected chi connectivity index (χ2v) is 5.49. The van der Waals surface area contributed by atoms with Crippen LogP contribution in [0, 0.1) is 17.3 Å². The molecule has 4 saturated carbocycles. The number of hydrogen-bond acceptors (Lipinski definition) is 2. The van der Waals surface area contributed by atoms with Crippen LogP contribution in [0.5, 0.6) is 0 Å².